The Kier molecular flexibility index (Phi) is 3.10. The molecule has 6 heteroatoms. The van der Waals surface area contributed by atoms with Gasteiger partial charge in [0.15, 0.2) is 5.15 Å². The molecule has 0 aromatic carbocycles. The van der Waals surface area contributed by atoms with E-state index in [0.29, 0.717) is 10.1 Å². The second-order valence-corrected chi connectivity index (χ2v) is 4.82. The smallest absolute Gasteiger partial charge is 0.276 e. The summed E-state index contributed by atoms with van der Waals surface area (Å²) in [5, 5.41) is 9.44. The molecule has 4 nitrogen and oxygen atoms in total. The van der Waals surface area contributed by atoms with Crippen molar-refractivity contribution in [1.29, 1.82) is 5.26 Å². The third-order valence-corrected chi connectivity index (χ3v) is 3.52. The molecule has 1 atom stereocenters. The quantitative estimate of drug-likeness (QED) is 0.794. The summed E-state index contributed by atoms with van der Waals surface area (Å²) in [4.78, 5) is 6.61. The van der Waals surface area contributed by atoms with Crippen LogP contribution in [0.2, 0.25) is 5.15 Å². The van der Waals surface area contributed by atoms with Crippen LogP contribution in [-0.4, -0.2) is 36.1 Å². The molecule has 15 heavy (non-hydrogen) atoms. The zero-order valence-electron chi connectivity index (χ0n) is 8.23. The number of thiazole rings is 1. The Bertz CT molecular complexity index is 401. The van der Waals surface area contributed by atoms with Crippen molar-refractivity contribution in [3.05, 3.63) is 10.0 Å². The van der Waals surface area contributed by atoms with Crippen LogP contribution in [0, 0.1) is 11.3 Å². The van der Waals surface area contributed by atoms with Crippen molar-refractivity contribution in [2.24, 2.45) is 0 Å². The molecule has 1 aromatic rings. The average Bonchev–Trinajstić information content (AvgIpc) is 2.73. The Labute approximate surface area is 97.0 Å². The number of nitriles is 1. The summed E-state index contributed by atoms with van der Waals surface area (Å²) in [5.74, 6) is 0. The zero-order valence-corrected chi connectivity index (χ0v) is 9.81. The van der Waals surface area contributed by atoms with Crippen LogP contribution in [0.15, 0.2) is 0 Å². The Morgan fingerprint density at radius 3 is 3.07 bits per heavy atom. The molecule has 1 aliphatic heterocycles. The maximum atomic E-state index is 8.71. The van der Waals surface area contributed by atoms with E-state index < -0.39 is 0 Å². The molecule has 0 radical (unpaired) electrons. The van der Waals surface area contributed by atoms with Gasteiger partial charge in [-0.3, -0.25) is 0 Å². The molecule has 1 unspecified atom stereocenters. The first-order valence-electron chi connectivity index (χ1n) is 4.60. The van der Waals surface area contributed by atoms with Gasteiger partial charge in [-0.2, -0.15) is 10.2 Å². The van der Waals surface area contributed by atoms with Crippen molar-refractivity contribution in [2.45, 2.75) is 12.5 Å². The maximum Gasteiger partial charge on any atom is 0.276 e. The van der Waals surface area contributed by atoms with Gasteiger partial charge in [-0.05, 0) is 13.5 Å². The number of halogens is 1. The molecule has 0 aliphatic carbocycles. The van der Waals surface area contributed by atoms with E-state index in [9.17, 15) is 0 Å². The molecule has 0 amide bonds. The normalized spacial score (nSPS) is 21.5. The van der Waals surface area contributed by atoms with Crippen LogP contribution in [0.25, 0.3) is 0 Å². The predicted molar refractivity (Wildman–Crippen MR) is 58.4 cm³/mol. The van der Waals surface area contributed by atoms with Gasteiger partial charge >= 0.3 is 0 Å². The van der Waals surface area contributed by atoms with Crippen molar-refractivity contribution in [3.63, 3.8) is 0 Å². The first-order valence-corrected chi connectivity index (χ1v) is 5.80. The lowest BCUT2D eigenvalue weighted by Gasteiger charge is -2.10. The molecular weight excluding hydrogens is 234 g/mol. The lowest BCUT2D eigenvalue weighted by atomic mass is 10.3. The molecule has 1 saturated heterocycles. The van der Waals surface area contributed by atoms with Crippen molar-refractivity contribution in [3.8, 4) is 11.3 Å². The summed E-state index contributed by atoms with van der Waals surface area (Å²) >= 11 is 6.95. The summed E-state index contributed by atoms with van der Waals surface area (Å²) in [6, 6.07) is 1.98. The standard InChI is InChI=1S/C9H10ClN3OS/c1-13-3-2-6(5-13)14-9-12-8(10)7(4-11)15-9/h6H,2-3,5H2,1H3. The highest BCUT2D eigenvalue weighted by Gasteiger charge is 2.22. The van der Waals surface area contributed by atoms with E-state index in [-0.39, 0.29) is 11.3 Å². The van der Waals surface area contributed by atoms with Crippen molar-refractivity contribution in [1.82, 2.24) is 9.88 Å². The van der Waals surface area contributed by atoms with E-state index >= 15 is 0 Å². The minimum absolute atomic E-state index is 0.170. The van der Waals surface area contributed by atoms with E-state index in [2.05, 4.69) is 16.9 Å². The van der Waals surface area contributed by atoms with Gasteiger partial charge < -0.3 is 9.64 Å². The number of hydrogen-bond acceptors (Lipinski definition) is 5. The van der Waals surface area contributed by atoms with Gasteiger partial charge in [0, 0.05) is 13.1 Å². The molecule has 0 bridgehead atoms. The fourth-order valence-corrected chi connectivity index (χ4v) is 2.49. The fraction of sp³-hybridized carbons (Fsp3) is 0.556. The lowest BCUT2D eigenvalue weighted by Crippen LogP contribution is -2.21. The second-order valence-electron chi connectivity index (χ2n) is 3.50. The van der Waals surface area contributed by atoms with Crippen molar-refractivity contribution >= 4 is 22.9 Å². The molecule has 0 N–H and O–H groups in total. The number of likely N-dealkylation sites (tertiary alicyclic amines) is 1. The highest BCUT2D eigenvalue weighted by atomic mass is 35.5. The molecule has 1 aliphatic rings. The summed E-state index contributed by atoms with van der Waals surface area (Å²) in [6.07, 6.45) is 1.17. The third kappa shape index (κ3) is 2.40. The monoisotopic (exact) mass is 243 g/mol. The molecule has 1 fully saturated rings. The van der Waals surface area contributed by atoms with Crippen LogP contribution in [0.4, 0.5) is 0 Å². The predicted octanol–water partition coefficient (Wildman–Crippen LogP) is 1.75. The average molecular weight is 244 g/mol. The largest absolute Gasteiger partial charge is 0.465 e. The minimum atomic E-state index is 0.170. The summed E-state index contributed by atoms with van der Waals surface area (Å²) in [6.45, 7) is 1.94. The molecule has 2 rings (SSSR count). The van der Waals surface area contributed by atoms with Crippen LogP contribution < -0.4 is 4.74 Å². The first kappa shape index (κ1) is 10.7. The van der Waals surface area contributed by atoms with E-state index in [0.717, 1.165) is 19.5 Å². The summed E-state index contributed by atoms with van der Waals surface area (Å²) < 4.78 is 5.64. The highest BCUT2D eigenvalue weighted by Crippen LogP contribution is 2.29. The number of likely N-dealkylation sites (N-methyl/N-ethyl adjacent to an activating group) is 1. The van der Waals surface area contributed by atoms with Gasteiger partial charge in [0.05, 0.1) is 0 Å². The number of rotatable bonds is 2. The molecule has 80 valence electrons. The van der Waals surface area contributed by atoms with Gasteiger partial charge in [-0.15, -0.1) is 0 Å². The van der Waals surface area contributed by atoms with Gasteiger partial charge in [0.25, 0.3) is 5.19 Å². The number of ether oxygens (including phenoxy) is 1. The SMILES string of the molecule is CN1CCC(Oc2nc(Cl)c(C#N)s2)C1. The Morgan fingerprint density at radius 1 is 1.73 bits per heavy atom. The van der Waals surface area contributed by atoms with Crippen molar-refractivity contribution in [2.75, 3.05) is 20.1 Å². The van der Waals surface area contributed by atoms with Crippen LogP contribution in [0.3, 0.4) is 0 Å². The highest BCUT2D eigenvalue weighted by molar-refractivity contribution is 7.14. The third-order valence-electron chi connectivity index (χ3n) is 2.28. The van der Waals surface area contributed by atoms with E-state index in [4.69, 9.17) is 21.6 Å². The number of aromatic nitrogens is 1. The van der Waals surface area contributed by atoms with E-state index in [1.807, 2.05) is 6.07 Å². The Balaban J connectivity index is 2.02. The van der Waals surface area contributed by atoms with Crippen LogP contribution in [0.5, 0.6) is 5.19 Å². The maximum absolute atomic E-state index is 8.71. The van der Waals surface area contributed by atoms with E-state index in [1.54, 1.807) is 0 Å². The van der Waals surface area contributed by atoms with Crippen molar-refractivity contribution < 1.29 is 4.74 Å². The molecule has 2 heterocycles. The van der Waals surface area contributed by atoms with Gasteiger partial charge in [-0.25, -0.2) is 0 Å². The van der Waals surface area contributed by atoms with Crippen LogP contribution >= 0.6 is 22.9 Å². The molecule has 0 saturated carbocycles. The molecule has 1 aromatic heterocycles. The second kappa shape index (κ2) is 4.35. The number of hydrogen-bond donors (Lipinski definition) is 0. The first-order chi connectivity index (χ1) is 7.19. The minimum Gasteiger partial charge on any atom is -0.465 e. The van der Waals surface area contributed by atoms with E-state index in [1.165, 1.54) is 11.3 Å². The summed E-state index contributed by atoms with van der Waals surface area (Å²) in [7, 11) is 2.05. The zero-order chi connectivity index (χ0) is 10.8. The van der Waals surface area contributed by atoms with Gasteiger partial charge in [0.1, 0.15) is 17.1 Å². The Morgan fingerprint density at radius 2 is 2.53 bits per heavy atom. The van der Waals surface area contributed by atoms with Crippen LogP contribution in [-0.2, 0) is 0 Å². The fourth-order valence-electron chi connectivity index (χ4n) is 1.54. The Hall–Kier alpha value is -0.830. The summed E-state index contributed by atoms with van der Waals surface area (Å²) in [5.41, 5.74) is 0. The lowest BCUT2D eigenvalue weighted by molar-refractivity contribution is 0.207. The number of nitrogens with zero attached hydrogens (tertiary/aromatic N) is 3. The van der Waals surface area contributed by atoms with Crippen LogP contribution in [0.1, 0.15) is 11.3 Å². The molecule has 0 spiro atoms. The van der Waals surface area contributed by atoms with Gasteiger partial charge in [-0.1, -0.05) is 22.9 Å². The molecular formula is C9H10ClN3OS. The van der Waals surface area contributed by atoms with Gasteiger partial charge in [0.2, 0.25) is 0 Å². The topological polar surface area (TPSA) is 49.1 Å².